The summed E-state index contributed by atoms with van der Waals surface area (Å²) in [6, 6.07) is -9.93. The number of carbonyl (C=O) groups excluding carboxylic acids is 6. The third-order valence-corrected chi connectivity index (χ3v) is 6.80. The van der Waals surface area contributed by atoms with Crippen molar-refractivity contribution < 1.29 is 58.8 Å². The molecule has 21 nitrogen and oxygen atoms in total. The second-order valence-corrected chi connectivity index (χ2v) is 11.5. The number of aromatic nitrogens is 2. The molecule has 1 rings (SSSR count). The molecule has 0 unspecified atom stereocenters. The highest BCUT2D eigenvalue weighted by Crippen LogP contribution is 2.08. The Labute approximate surface area is 280 Å². The van der Waals surface area contributed by atoms with Crippen LogP contribution in [0.1, 0.15) is 46.2 Å². The summed E-state index contributed by atoms with van der Waals surface area (Å²) >= 11 is 0. The van der Waals surface area contributed by atoms with Crippen LogP contribution in [0.2, 0.25) is 0 Å². The second kappa shape index (κ2) is 20.3. The van der Waals surface area contributed by atoms with E-state index in [9.17, 15) is 43.5 Å². The van der Waals surface area contributed by atoms with Crippen molar-refractivity contribution in [2.45, 2.75) is 89.3 Å². The van der Waals surface area contributed by atoms with Gasteiger partial charge in [0.15, 0.2) is 0 Å². The van der Waals surface area contributed by atoms with Gasteiger partial charge in [-0.05, 0) is 26.2 Å². The number of hydrogen-bond acceptors (Lipinski definition) is 12. The molecule has 0 aromatic carbocycles. The van der Waals surface area contributed by atoms with E-state index in [0.717, 1.165) is 0 Å². The van der Waals surface area contributed by atoms with Crippen molar-refractivity contribution in [3.8, 4) is 0 Å². The van der Waals surface area contributed by atoms with E-state index in [1.165, 1.54) is 26.4 Å². The van der Waals surface area contributed by atoms with Gasteiger partial charge in [-0.2, -0.15) is 0 Å². The van der Waals surface area contributed by atoms with Crippen molar-refractivity contribution >= 4 is 47.4 Å². The largest absolute Gasteiger partial charge is 0.481 e. The Balaban J connectivity index is 3.08. The highest BCUT2D eigenvalue weighted by atomic mass is 16.4. The Hall–Kier alpha value is -5.15. The van der Waals surface area contributed by atoms with E-state index < -0.39 is 109 Å². The van der Waals surface area contributed by atoms with Crippen molar-refractivity contribution in [3.63, 3.8) is 0 Å². The lowest BCUT2D eigenvalue weighted by atomic mass is 10.0. The maximum Gasteiger partial charge on any atom is 0.328 e. The fourth-order valence-corrected chi connectivity index (χ4v) is 4.09. The molecule has 49 heavy (non-hydrogen) atoms. The first-order valence-electron chi connectivity index (χ1n) is 15.1. The SMILES string of the molecule is CC(C)C[C@H](NC(=O)[C@H](Cc1cnc[nH]1)NC(=O)[C@H](CO)NC(=O)[C@H](C)NC(=O)[C@@H](N)CC(=O)O)C(=O)N[C@@H](C)C(=O)N[C@@H](CO)C(=O)O. The van der Waals surface area contributed by atoms with Crippen LogP contribution in [0.15, 0.2) is 12.5 Å². The van der Waals surface area contributed by atoms with Crippen molar-refractivity contribution in [1.82, 2.24) is 41.9 Å². The number of rotatable bonds is 21. The highest BCUT2D eigenvalue weighted by Gasteiger charge is 2.33. The van der Waals surface area contributed by atoms with E-state index in [-0.39, 0.29) is 18.8 Å². The van der Waals surface area contributed by atoms with Gasteiger partial charge in [-0.15, -0.1) is 0 Å². The molecule has 0 saturated carbocycles. The number of hydrogen-bond donors (Lipinski definition) is 12. The average Bonchev–Trinajstić information content (AvgIpc) is 3.53. The first kappa shape index (κ1) is 41.9. The number of H-pyrrole nitrogens is 1. The predicted molar refractivity (Wildman–Crippen MR) is 167 cm³/mol. The molecule has 7 atom stereocenters. The number of carboxylic acid groups (broad SMARTS) is 2. The van der Waals surface area contributed by atoms with E-state index in [2.05, 4.69) is 41.9 Å². The monoisotopic (exact) mass is 699 g/mol. The Morgan fingerprint density at radius 1 is 0.694 bits per heavy atom. The van der Waals surface area contributed by atoms with Gasteiger partial charge < -0.3 is 63.0 Å². The minimum atomic E-state index is -1.63. The number of nitrogens with two attached hydrogens (primary N) is 1. The number of aromatic amines is 1. The van der Waals surface area contributed by atoms with Gasteiger partial charge in [0, 0.05) is 18.3 Å². The number of nitrogens with zero attached hydrogens (tertiary/aromatic N) is 1. The molecule has 6 amide bonds. The molecule has 0 aliphatic carbocycles. The lowest BCUT2D eigenvalue weighted by Crippen LogP contribution is -2.60. The minimum absolute atomic E-state index is 0.0695. The molecular weight excluding hydrogens is 654 g/mol. The number of aliphatic hydroxyl groups is 2. The Bertz CT molecular complexity index is 1320. The molecule has 0 bridgehead atoms. The van der Waals surface area contributed by atoms with Crippen LogP contribution in [0.5, 0.6) is 0 Å². The number of amides is 6. The number of nitrogens with one attached hydrogen (secondary N) is 7. The first-order valence-corrected chi connectivity index (χ1v) is 15.1. The van der Waals surface area contributed by atoms with E-state index in [4.69, 9.17) is 21.1 Å². The lowest BCUT2D eigenvalue weighted by molar-refractivity contribution is -0.143. The number of aliphatic carboxylic acids is 2. The van der Waals surface area contributed by atoms with Gasteiger partial charge in [-0.1, -0.05) is 13.8 Å². The van der Waals surface area contributed by atoms with E-state index in [0.29, 0.717) is 5.69 Å². The summed E-state index contributed by atoms with van der Waals surface area (Å²) in [5.74, 6) is -8.51. The molecule has 1 heterocycles. The molecule has 21 heteroatoms. The van der Waals surface area contributed by atoms with Crippen molar-refractivity contribution in [2.24, 2.45) is 11.7 Å². The zero-order valence-corrected chi connectivity index (χ0v) is 27.4. The van der Waals surface area contributed by atoms with Gasteiger partial charge in [-0.25, -0.2) is 9.78 Å². The summed E-state index contributed by atoms with van der Waals surface area (Å²) in [6.45, 7) is 4.16. The smallest absolute Gasteiger partial charge is 0.328 e. The molecule has 1 aromatic rings. The third kappa shape index (κ3) is 14.7. The van der Waals surface area contributed by atoms with Gasteiger partial charge in [-0.3, -0.25) is 33.6 Å². The summed E-state index contributed by atoms with van der Waals surface area (Å²) in [5.41, 5.74) is 5.87. The van der Waals surface area contributed by atoms with E-state index in [1.807, 2.05) is 0 Å². The van der Waals surface area contributed by atoms with E-state index in [1.54, 1.807) is 13.8 Å². The second-order valence-electron chi connectivity index (χ2n) is 11.5. The first-order chi connectivity index (χ1) is 22.9. The molecule has 0 fully saturated rings. The highest BCUT2D eigenvalue weighted by molar-refractivity contribution is 5.97. The topological polar surface area (TPSA) is 344 Å². The fraction of sp³-hybridized carbons (Fsp3) is 0.607. The summed E-state index contributed by atoms with van der Waals surface area (Å²) in [5, 5.41) is 50.7. The Morgan fingerprint density at radius 3 is 1.63 bits per heavy atom. The quantitative estimate of drug-likeness (QED) is 0.0571. The lowest BCUT2D eigenvalue weighted by Gasteiger charge is -2.26. The molecule has 0 radical (unpaired) electrons. The van der Waals surface area contributed by atoms with Crippen molar-refractivity contribution in [1.29, 1.82) is 0 Å². The zero-order valence-electron chi connectivity index (χ0n) is 27.4. The summed E-state index contributed by atoms with van der Waals surface area (Å²) in [7, 11) is 0. The molecule has 0 aliphatic rings. The number of carboxylic acids is 2. The van der Waals surface area contributed by atoms with Crippen molar-refractivity contribution in [2.75, 3.05) is 13.2 Å². The summed E-state index contributed by atoms with van der Waals surface area (Å²) in [4.78, 5) is 106. The van der Waals surface area contributed by atoms with Crippen LogP contribution in [0, 0.1) is 5.92 Å². The van der Waals surface area contributed by atoms with E-state index >= 15 is 0 Å². The standard InChI is InChI=1S/C28H45N9O12/c1-12(2)5-17(25(45)33-14(4)23(43)37-20(10-39)28(48)49)34-26(46)18(6-15-8-30-11-31-15)35-27(47)19(9-38)36-22(42)13(3)32-24(44)16(29)7-21(40)41/h8,11-14,16-20,38-39H,5-7,9-10,29H2,1-4H3,(H,30,31)(H,32,44)(H,33,45)(H,34,46)(H,35,47)(H,36,42)(H,37,43)(H,40,41)(H,48,49)/t13-,14-,16-,17-,18-,19-,20-/m0/s1. The van der Waals surface area contributed by atoms with Gasteiger partial charge >= 0.3 is 11.9 Å². The average molecular weight is 700 g/mol. The number of aliphatic hydroxyl groups excluding tert-OH is 2. The maximum atomic E-state index is 13.5. The van der Waals surface area contributed by atoms with Gasteiger partial charge in [0.2, 0.25) is 35.4 Å². The normalized spacial score (nSPS) is 15.3. The summed E-state index contributed by atoms with van der Waals surface area (Å²) in [6.07, 6.45) is 1.86. The fourth-order valence-electron chi connectivity index (χ4n) is 4.09. The maximum absolute atomic E-state index is 13.5. The van der Waals surface area contributed by atoms with Gasteiger partial charge in [0.25, 0.3) is 0 Å². The van der Waals surface area contributed by atoms with Crippen LogP contribution in [-0.2, 0) is 44.8 Å². The molecule has 1 aromatic heterocycles. The Kier molecular flexibility index (Phi) is 17.3. The van der Waals surface area contributed by atoms with Crippen LogP contribution in [0.4, 0.5) is 0 Å². The van der Waals surface area contributed by atoms with Crippen LogP contribution >= 0.6 is 0 Å². The van der Waals surface area contributed by atoms with Crippen LogP contribution < -0.4 is 37.6 Å². The van der Waals surface area contributed by atoms with Crippen LogP contribution in [-0.4, -0.2) is 133 Å². The summed E-state index contributed by atoms with van der Waals surface area (Å²) < 4.78 is 0. The minimum Gasteiger partial charge on any atom is -0.481 e. The number of imidazole rings is 1. The predicted octanol–water partition coefficient (Wildman–Crippen LogP) is -5.18. The van der Waals surface area contributed by atoms with Crippen LogP contribution in [0.3, 0.4) is 0 Å². The van der Waals surface area contributed by atoms with Crippen molar-refractivity contribution in [3.05, 3.63) is 18.2 Å². The molecule has 274 valence electrons. The molecule has 0 spiro atoms. The Morgan fingerprint density at radius 2 is 1.16 bits per heavy atom. The third-order valence-electron chi connectivity index (χ3n) is 6.80. The van der Waals surface area contributed by atoms with Gasteiger partial charge in [0.05, 0.1) is 32.0 Å². The zero-order chi connectivity index (χ0) is 37.4. The molecule has 0 aliphatic heterocycles. The molecular formula is C28H45N9O12. The van der Waals surface area contributed by atoms with Crippen LogP contribution in [0.25, 0.3) is 0 Å². The molecule has 13 N–H and O–H groups in total. The molecule has 0 saturated heterocycles. The van der Waals surface area contributed by atoms with Gasteiger partial charge in [0.1, 0.15) is 36.3 Å². The number of carbonyl (C=O) groups is 8.